The highest BCUT2D eigenvalue weighted by Crippen LogP contribution is 2.43. The molecule has 1 fully saturated rings. The summed E-state index contributed by atoms with van der Waals surface area (Å²) in [6.45, 7) is 2.14. The van der Waals surface area contributed by atoms with Gasteiger partial charge in [-0.05, 0) is 55.7 Å². The summed E-state index contributed by atoms with van der Waals surface area (Å²) in [5.41, 5.74) is 2.96. The van der Waals surface area contributed by atoms with E-state index in [9.17, 15) is 4.79 Å². The number of anilines is 1. The number of nitrogens with zero attached hydrogens (tertiary/aromatic N) is 3. The van der Waals surface area contributed by atoms with Crippen molar-refractivity contribution in [1.29, 1.82) is 0 Å². The summed E-state index contributed by atoms with van der Waals surface area (Å²) in [6, 6.07) is 15.3. The van der Waals surface area contributed by atoms with Crippen molar-refractivity contribution in [2.24, 2.45) is 0 Å². The predicted octanol–water partition coefficient (Wildman–Crippen LogP) is 6.14. The number of fused-ring (bicyclic) bond motifs is 1. The molecule has 0 atom stereocenters. The highest BCUT2D eigenvalue weighted by atomic mass is 35.5. The van der Waals surface area contributed by atoms with Crippen LogP contribution in [-0.4, -0.2) is 27.5 Å². The van der Waals surface area contributed by atoms with Crippen LogP contribution < -0.4 is 14.8 Å². The molecule has 0 spiro atoms. The molecule has 0 saturated heterocycles. The van der Waals surface area contributed by atoms with Crippen LogP contribution in [0.5, 0.6) is 11.5 Å². The van der Waals surface area contributed by atoms with Crippen molar-refractivity contribution >= 4 is 34.7 Å². The molecule has 0 bridgehead atoms. The first-order valence-electron chi connectivity index (χ1n) is 11.5. The Morgan fingerprint density at radius 1 is 1.09 bits per heavy atom. The van der Waals surface area contributed by atoms with Gasteiger partial charge in [-0.25, -0.2) is 4.98 Å². The fourth-order valence-electron chi connectivity index (χ4n) is 4.91. The Kier molecular flexibility index (Phi) is 5.50. The van der Waals surface area contributed by atoms with Crippen LogP contribution in [0.25, 0.3) is 16.4 Å². The molecule has 9 heteroatoms. The summed E-state index contributed by atoms with van der Waals surface area (Å²) in [7, 11) is 0. The number of rotatable bonds is 5. The van der Waals surface area contributed by atoms with Gasteiger partial charge in [0, 0.05) is 22.0 Å². The van der Waals surface area contributed by atoms with E-state index in [2.05, 4.69) is 10.4 Å². The SMILES string of the molecule is Cc1cc(NC(=O)C2(c3ccc(Cl)cc3)CCCC2)n(-c2nc(-c3ccc4c(c3)OCO4)cs2)n1. The van der Waals surface area contributed by atoms with Crippen molar-refractivity contribution in [3.05, 3.63) is 70.2 Å². The third kappa shape index (κ3) is 3.96. The van der Waals surface area contributed by atoms with Crippen molar-refractivity contribution in [1.82, 2.24) is 14.8 Å². The van der Waals surface area contributed by atoms with E-state index in [1.165, 1.54) is 11.3 Å². The molecule has 0 radical (unpaired) electrons. The van der Waals surface area contributed by atoms with Gasteiger partial charge in [0.15, 0.2) is 11.5 Å². The van der Waals surface area contributed by atoms with Gasteiger partial charge in [-0.2, -0.15) is 9.78 Å². The average molecular weight is 507 g/mol. The lowest BCUT2D eigenvalue weighted by Gasteiger charge is -2.28. The fraction of sp³-hybridized carbons (Fsp3) is 0.269. The number of amides is 1. The summed E-state index contributed by atoms with van der Waals surface area (Å²) in [6.07, 6.45) is 3.64. The first-order valence-corrected chi connectivity index (χ1v) is 12.8. The number of aromatic nitrogens is 3. The number of hydrogen-bond donors (Lipinski definition) is 1. The number of thiazole rings is 1. The Hall–Kier alpha value is -3.36. The largest absolute Gasteiger partial charge is 0.454 e. The van der Waals surface area contributed by atoms with Crippen LogP contribution in [0.4, 0.5) is 5.82 Å². The van der Waals surface area contributed by atoms with E-state index >= 15 is 0 Å². The molecule has 1 aliphatic heterocycles. The molecule has 1 saturated carbocycles. The van der Waals surface area contributed by atoms with Gasteiger partial charge < -0.3 is 14.8 Å². The van der Waals surface area contributed by atoms with E-state index in [0.29, 0.717) is 21.7 Å². The molecule has 2 aromatic carbocycles. The second kappa shape index (κ2) is 8.70. The summed E-state index contributed by atoms with van der Waals surface area (Å²) >= 11 is 7.57. The maximum Gasteiger partial charge on any atom is 0.236 e. The van der Waals surface area contributed by atoms with Gasteiger partial charge in [0.1, 0.15) is 5.82 Å². The molecule has 1 amide bonds. The molecule has 1 N–H and O–H groups in total. The first kappa shape index (κ1) is 22.1. The monoisotopic (exact) mass is 506 g/mol. The van der Waals surface area contributed by atoms with E-state index < -0.39 is 5.41 Å². The third-order valence-electron chi connectivity index (χ3n) is 6.70. The molecule has 1 aliphatic carbocycles. The van der Waals surface area contributed by atoms with Crippen molar-refractivity contribution in [3.8, 4) is 27.9 Å². The molecule has 2 aliphatic rings. The van der Waals surface area contributed by atoms with Crippen molar-refractivity contribution in [2.45, 2.75) is 38.0 Å². The molecule has 178 valence electrons. The minimum atomic E-state index is -0.575. The quantitative estimate of drug-likeness (QED) is 0.352. The van der Waals surface area contributed by atoms with E-state index in [4.69, 9.17) is 26.1 Å². The van der Waals surface area contributed by atoms with Crippen LogP contribution in [0.15, 0.2) is 53.9 Å². The Morgan fingerprint density at radius 2 is 1.86 bits per heavy atom. The Bertz CT molecular complexity index is 1410. The predicted molar refractivity (Wildman–Crippen MR) is 136 cm³/mol. The van der Waals surface area contributed by atoms with Gasteiger partial charge in [0.05, 0.1) is 16.8 Å². The first-order chi connectivity index (χ1) is 17.0. The van der Waals surface area contributed by atoms with Crippen molar-refractivity contribution < 1.29 is 14.3 Å². The number of halogens is 1. The standard InChI is InChI=1S/C26H23ClN4O3S/c1-16-12-23(29-24(32)26(10-2-3-11-26)18-5-7-19(27)8-6-18)31(30-16)25-28-20(14-35-25)17-4-9-21-22(13-17)34-15-33-21/h4-9,12-14H,2-3,10-11,15H2,1H3,(H,29,32). The zero-order valence-electron chi connectivity index (χ0n) is 19.1. The molecule has 7 nitrogen and oxygen atoms in total. The number of benzene rings is 2. The normalized spacial score (nSPS) is 15.9. The number of aryl methyl sites for hydroxylation is 1. The van der Waals surface area contributed by atoms with Crippen molar-refractivity contribution in [2.75, 3.05) is 12.1 Å². The fourth-order valence-corrected chi connectivity index (χ4v) is 5.84. The topological polar surface area (TPSA) is 78.3 Å². The third-order valence-corrected chi connectivity index (χ3v) is 7.77. The molecule has 4 aromatic rings. The minimum absolute atomic E-state index is 0.0222. The molecular formula is C26H23ClN4O3S. The Labute approximate surface area is 211 Å². The lowest BCUT2D eigenvalue weighted by atomic mass is 9.78. The van der Waals surface area contributed by atoms with E-state index in [0.717, 1.165) is 53.9 Å². The van der Waals surface area contributed by atoms with E-state index in [-0.39, 0.29) is 12.7 Å². The van der Waals surface area contributed by atoms with Crippen LogP contribution in [-0.2, 0) is 10.2 Å². The molecule has 0 unspecified atom stereocenters. The number of hydrogen-bond acceptors (Lipinski definition) is 6. The smallest absolute Gasteiger partial charge is 0.236 e. The van der Waals surface area contributed by atoms with Crippen molar-refractivity contribution in [3.63, 3.8) is 0 Å². The Morgan fingerprint density at radius 3 is 2.66 bits per heavy atom. The van der Waals surface area contributed by atoms with Gasteiger partial charge in [-0.1, -0.05) is 36.6 Å². The maximum atomic E-state index is 13.7. The molecular weight excluding hydrogens is 484 g/mol. The summed E-state index contributed by atoms with van der Waals surface area (Å²) < 4.78 is 12.6. The van der Waals surface area contributed by atoms with Gasteiger partial charge in [-0.15, -0.1) is 11.3 Å². The summed E-state index contributed by atoms with van der Waals surface area (Å²) in [5, 5.41) is 11.1. The van der Waals surface area contributed by atoms with Gasteiger partial charge in [0.2, 0.25) is 17.8 Å². The lowest BCUT2D eigenvalue weighted by molar-refractivity contribution is -0.121. The highest BCUT2D eigenvalue weighted by Gasteiger charge is 2.43. The highest BCUT2D eigenvalue weighted by molar-refractivity contribution is 7.12. The van der Waals surface area contributed by atoms with Crippen LogP contribution >= 0.6 is 22.9 Å². The summed E-state index contributed by atoms with van der Waals surface area (Å²) in [4.78, 5) is 18.5. The number of carbonyl (C=O) groups is 1. The molecule has 3 heterocycles. The number of carbonyl (C=O) groups excluding carboxylic acids is 1. The minimum Gasteiger partial charge on any atom is -0.454 e. The van der Waals surface area contributed by atoms with Gasteiger partial charge in [-0.3, -0.25) is 4.79 Å². The lowest BCUT2D eigenvalue weighted by Crippen LogP contribution is -2.38. The van der Waals surface area contributed by atoms with Crippen LogP contribution in [0, 0.1) is 6.92 Å². The van der Waals surface area contributed by atoms with Crippen LogP contribution in [0.1, 0.15) is 36.9 Å². The van der Waals surface area contributed by atoms with Gasteiger partial charge >= 0.3 is 0 Å². The van der Waals surface area contributed by atoms with Gasteiger partial charge in [0.25, 0.3) is 0 Å². The van der Waals surface area contributed by atoms with Crippen LogP contribution in [0.3, 0.4) is 0 Å². The number of ether oxygens (including phenoxy) is 2. The Balaban J connectivity index is 1.30. The second-order valence-corrected chi connectivity index (χ2v) is 10.2. The zero-order chi connectivity index (χ0) is 24.0. The molecule has 35 heavy (non-hydrogen) atoms. The average Bonchev–Trinajstić information content (AvgIpc) is 3.65. The van der Waals surface area contributed by atoms with E-state index in [1.54, 1.807) is 4.68 Å². The molecule has 6 rings (SSSR count). The molecule has 2 aromatic heterocycles. The summed E-state index contributed by atoms with van der Waals surface area (Å²) in [5.74, 6) is 2.03. The van der Waals surface area contributed by atoms with E-state index in [1.807, 2.05) is 60.8 Å². The maximum absolute atomic E-state index is 13.7. The number of nitrogens with one attached hydrogen (secondary N) is 1. The van der Waals surface area contributed by atoms with Crippen LogP contribution in [0.2, 0.25) is 5.02 Å². The second-order valence-electron chi connectivity index (χ2n) is 8.92. The zero-order valence-corrected chi connectivity index (χ0v) is 20.7.